The molecular formula is C17H20N2O4. The lowest BCUT2D eigenvalue weighted by molar-refractivity contribution is 0.0634. The Labute approximate surface area is 134 Å². The molecular weight excluding hydrogens is 296 g/mol. The molecule has 0 bridgehead atoms. The van der Waals surface area contributed by atoms with Crippen LogP contribution in [0.4, 0.5) is 10.5 Å². The fourth-order valence-corrected chi connectivity index (χ4v) is 2.19. The van der Waals surface area contributed by atoms with Crippen LogP contribution < -0.4 is 5.32 Å². The number of aryl methyl sites for hydroxylation is 1. The molecule has 0 aliphatic carbocycles. The number of hydrogen-bond donors (Lipinski definition) is 2. The van der Waals surface area contributed by atoms with Crippen molar-refractivity contribution in [2.45, 2.75) is 33.3 Å². The molecule has 2 rings (SSSR count). The topological polar surface area (TPSA) is 80.6 Å². The minimum atomic E-state index is -0.995. The number of anilines is 1. The third kappa shape index (κ3) is 4.12. The van der Waals surface area contributed by atoms with Crippen LogP contribution in [0.1, 0.15) is 36.8 Å². The van der Waals surface area contributed by atoms with E-state index in [0.717, 1.165) is 11.3 Å². The average Bonchev–Trinajstić information content (AvgIpc) is 2.85. The number of amides is 1. The molecule has 1 amide bonds. The van der Waals surface area contributed by atoms with Gasteiger partial charge in [-0.2, -0.15) is 0 Å². The molecule has 0 fully saturated rings. The first-order valence-electron chi connectivity index (χ1n) is 7.19. The molecule has 0 aliphatic rings. The molecule has 2 N–H and O–H groups in total. The number of carboxylic acid groups (broad SMARTS) is 1. The van der Waals surface area contributed by atoms with E-state index in [1.165, 1.54) is 6.07 Å². The number of nitrogens with one attached hydrogen (secondary N) is 1. The number of ether oxygens (including phenoxy) is 1. The Morgan fingerprint density at radius 1 is 1.22 bits per heavy atom. The molecule has 1 heterocycles. The second-order valence-electron chi connectivity index (χ2n) is 6.20. The van der Waals surface area contributed by atoms with Gasteiger partial charge in [-0.05, 0) is 63.6 Å². The molecule has 1 aromatic heterocycles. The number of carbonyl (C=O) groups is 2. The van der Waals surface area contributed by atoms with Crippen LogP contribution in [0.3, 0.4) is 0 Å². The van der Waals surface area contributed by atoms with Gasteiger partial charge in [0, 0.05) is 17.6 Å². The van der Waals surface area contributed by atoms with E-state index in [2.05, 4.69) is 5.32 Å². The third-order valence-electron chi connectivity index (χ3n) is 3.07. The Bertz CT molecular complexity index is 741. The largest absolute Gasteiger partial charge is 0.477 e. The zero-order valence-corrected chi connectivity index (χ0v) is 13.6. The van der Waals surface area contributed by atoms with Crippen LogP contribution in [-0.2, 0) is 4.74 Å². The summed E-state index contributed by atoms with van der Waals surface area (Å²) >= 11 is 0. The van der Waals surface area contributed by atoms with Gasteiger partial charge in [0.05, 0.1) is 0 Å². The zero-order valence-electron chi connectivity index (χ0n) is 13.6. The lowest BCUT2D eigenvalue weighted by atomic mass is 10.1. The van der Waals surface area contributed by atoms with Crippen LogP contribution >= 0.6 is 0 Å². The van der Waals surface area contributed by atoms with Crippen LogP contribution in [0.2, 0.25) is 0 Å². The van der Waals surface area contributed by atoms with Gasteiger partial charge in [0.1, 0.15) is 11.3 Å². The van der Waals surface area contributed by atoms with E-state index in [4.69, 9.17) is 4.74 Å². The molecule has 122 valence electrons. The van der Waals surface area contributed by atoms with Crippen molar-refractivity contribution in [3.05, 3.63) is 47.8 Å². The lowest BCUT2D eigenvalue weighted by Crippen LogP contribution is -2.27. The Morgan fingerprint density at radius 2 is 1.91 bits per heavy atom. The van der Waals surface area contributed by atoms with Gasteiger partial charge in [-0.1, -0.05) is 0 Å². The minimum Gasteiger partial charge on any atom is -0.477 e. The molecule has 23 heavy (non-hydrogen) atoms. The van der Waals surface area contributed by atoms with Gasteiger partial charge in [0.15, 0.2) is 0 Å². The highest BCUT2D eigenvalue weighted by molar-refractivity contribution is 5.87. The maximum atomic E-state index is 11.8. The van der Waals surface area contributed by atoms with E-state index in [-0.39, 0.29) is 5.69 Å². The fraction of sp³-hybridized carbons (Fsp3) is 0.294. The van der Waals surface area contributed by atoms with Crippen molar-refractivity contribution >= 4 is 17.7 Å². The average molecular weight is 316 g/mol. The van der Waals surface area contributed by atoms with Gasteiger partial charge in [-0.3, -0.25) is 5.32 Å². The van der Waals surface area contributed by atoms with Crippen molar-refractivity contribution in [1.82, 2.24) is 4.57 Å². The number of aromatic carboxylic acids is 1. The number of rotatable bonds is 3. The SMILES string of the molecule is Cc1cc(NC(=O)OC(C)(C)C)ccc1-n1cccc1C(=O)O. The quantitative estimate of drug-likeness (QED) is 0.901. The van der Waals surface area contributed by atoms with Crippen LogP contribution in [0, 0.1) is 6.92 Å². The maximum Gasteiger partial charge on any atom is 0.412 e. The number of hydrogen-bond acceptors (Lipinski definition) is 3. The van der Waals surface area contributed by atoms with Gasteiger partial charge in [-0.25, -0.2) is 9.59 Å². The van der Waals surface area contributed by atoms with Crippen LogP contribution in [0.15, 0.2) is 36.5 Å². The van der Waals surface area contributed by atoms with E-state index >= 15 is 0 Å². The summed E-state index contributed by atoms with van der Waals surface area (Å²) in [6.45, 7) is 7.22. The monoisotopic (exact) mass is 316 g/mol. The van der Waals surface area contributed by atoms with E-state index in [1.54, 1.807) is 55.8 Å². The van der Waals surface area contributed by atoms with Gasteiger partial charge < -0.3 is 14.4 Å². The lowest BCUT2D eigenvalue weighted by Gasteiger charge is -2.20. The Morgan fingerprint density at radius 3 is 2.48 bits per heavy atom. The molecule has 6 nitrogen and oxygen atoms in total. The number of nitrogens with zero attached hydrogens (tertiary/aromatic N) is 1. The summed E-state index contributed by atoms with van der Waals surface area (Å²) in [6.07, 6.45) is 1.16. The van der Waals surface area contributed by atoms with E-state index in [1.807, 2.05) is 6.92 Å². The molecule has 2 aromatic rings. The molecule has 6 heteroatoms. The molecule has 0 spiro atoms. The highest BCUT2D eigenvalue weighted by Gasteiger charge is 2.17. The van der Waals surface area contributed by atoms with E-state index in [0.29, 0.717) is 5.69 Å². The summed E-state index contributed by atoms with van der Waals surface area (Å²) in [6, 6.07) is 8.45. The van der Waals surface area contributed by atoms with Crippen LogP contribution in [0.5, 0.6) is 0 Å². The number of carbonyl (C=O) groups excluding carboxylic acids is 1. The van der Waals surface area contributed by atoms with Crippen molar-refractivity contribution in [3.8, 4) is 5.69 Å². The van der Waals surface area contributed by atoms with E-state index in [9.17, 15) is 14.7 Å². The van der Waals surface area contributed by atoms with Crippen LogP contribution in [-0.4, -0.2) is 27.3 Å². The molecule has 1 aromatic carbocycles. The minimum absolute atomic E-state index is 0.181. The summed E-state index contributed by atoms with van der Waals surface area (Å²) in [5, 5.41) is 11.9. The summed E-state index contributed by atoms with van der Waals surface area (Å²) in [7, 11) is 0. The van der Waals surface area contributed by atoms with Crippen molar-refractivity contribution in [3.63, 3.8) is 0 Å². The van der Waals surface area contributed by atoms with Crippen LogP contribution in [0.25, 0.3) is 5.69 Å². The van der Waals surface area contributed by atoms with Gasteiger partial charge in [0.25, 0.3) is 0 Å². The molecule has 0 aliphatic heterocycles. The normalized spacial score (nSPS) is 11.1. The maximum absolute atomic E-state index is 11.8. The molecule has 0 atom stereocenters. The smallest absolute Gasteiger partial charge is 0.412 e. The third-order valence-corrected chi connectivity index (χ3v) is 3.07. The molecule has 0 saturated heterocycles. The number of benzene rings is 1. The molecule has 0 saturated carbocycles. The molecule has 0 radical (unpaired) electrons. The summed E-state index contributed by atoms with van der Waals surface area (Å²) < 4.78 is 6.79. The first-order chi connectivity index (χ1) is 10.7. The van der Waals surface area contributed by atoms with Gasteiger partial charge in [0.2, 0.25) is 0 Å². The van der Waals surface area contributed by atoms with Crippen molar-refractivity contribution in [1.29, 1.82) is 0 Å². The molecule has 0 unspecified atom stereocenters. The van der Waals surface area contributed by atoms with E-state index < -0.39 is 17.7 Å². The predicted octanol–water partition coefficient (Wildman–Crippen LogP) is 3.83. The van der Waals surface area contributed by atoms with Crippen molar-refractivity contribution in [2.24, 2.45) is 0 Å². The number of aromatic nitrogens is 1. The number of carboxylic acids is 1. The summed E-state index contributed by atoms with van der Waals surface area (Å²) in [4.78, 5) is 23.0. The zero-order chi connectivity index (χ0) is 17.2. The predicted molar refractivity (Wildman–Crippen MR) is 87.3 cm³/mol. The highest BCUT2D eigenvalue weighted by atomic mass is 16.6. The second kappa shape index (κ2) is 6.16. The van der Waals surface area contributed by atoms with Gasteiger partial charge in [-0.15, -0.1) is 0 Å². The summed E-state index contributed by atoms with van der Waals surface area (Å²) in [5.74, 6) is -0.995. The first kappa shape index (κ1) is 16.6. The first-order valence-corrected chi connectivity index (χ1v) is 7.19. The Balaban J connectivity index is 2.23. The standard InChI is InChI=1S/C17H20N2O4/c1-11-10-12(18-16(22)23-17(2,3)4)7-8-13(11)19-9-5-6-14(19)15(20)21/h5-10H,1-4H3,(H,18,22)(H,20,21). The summed E-state index contributed by atoms with van der Waals surface area (Å²) in [5.41, 5.74) is 1.77. The van der Waals surface area contributed by atoms with Crippen molar-refractivity contribution in [2.75, 3.05) is 5.32 Å². The Hall–Kier alpha value is -2.76. The second-order valence-corrected chi connectivity index (χ2v) is 6.20. The van der Waals surface area contributed by atoms with Crippen molar-refractivity contribution < 1.29 is 19.4 Å². The Kier molecular flexibility index (Phi) is 4.45. The fourth-order valence-electron chi connectivity index (χ4n) is 2.19. The highest BCUT2D eigenvalue weighted by Crippen LogP contribution is 2.21. The van der Waals surface area contributed by atoms with Gasteiger partial charge >= 0.3 is 12.1 Å².